The molecule has 0 saturated carbocycles. The smallest absolute Gasteiger partial charge is 0.341 e. The molecular weight excluding hydrogens is 292 g/mol. The van der Waals surface area contributed by atoms with Gasteiger partial charge in [-0.3, -0.25) is 4.90 Å². The van der Waals surface area contributed by atoms with Gasteiger partial charge in [-0.1, -0.05) is 18.1 Å². The molecule has 0 fully saturated rings. The average molecular weight is 318 g/mol. The number of carbonyl (C=O) groups is 1. The number of ether oxygens (including phenoxy) is 1. The Morgan fingerprint density at radius 1 is 1.35 bits per heavy atom. The molecule has 0 amide bonds. The number of carboxylic acid groups (broad SMARTS) is 1. The van der Waals surface area contributed by atoms with Crippen LogP contribution in [0.15, 0.2) is 24.3 Å². The van der Waals surface area contributed by atoms with E-state index in [0.29, 0.717) is 11.8 Å². The van der Waals surface area contributed by atoms with Crippen LogP contribution in [-0.4, -0.2) is 67.8 Å². The molecule has 5 nitrogen and oxygen atoms in total. The first-order chi connectivity index (χ1) is 10.9. The summed E-state index contributed by atoms with van der Waals surface area (Å²) in [6.45, 7) is 3.17. The van der Waals surface area contributed by atoms with Gasteiger partial charge in [0.2, 0.25) is 0 Å². The zero-order valence-electron chi connectivity index (χ0n) is 14.4. The van der Waals surface area contributed by atoms with Gasteiger partial charge in [0.05, 0.1) is 6.54 Å². The van der Waals surface area contributed by atoms with Gasteiger partial charge in [0.15, 0.2) is 6.61 Å². The Bertz CT molecular complexity index is 561. The molecular formula is C18H26N2O3. The lowest BCUT2D eigenvalue weighted by atomic mass is 10.0. The van der Waals surface area contributed by atoms with Crippen molar-refractivity contribution in [3.63, 3.8) is 0 Å². The van der Waals surface area contributed by atoms with Crippen molar-refractivity contribution in [1.29, 1.82) is 0 Å². The summed E-state index contributed by atoms with van der Waals surface area (Å²) < 4.78 is 5.25. The van der Waals surface area contributed by atoms with Gasteiger partial charge < -0.3 is 14.7 Å². The molecule has 23 heavy (non-hydrogen) atoms. The third-order valence-electron chi connectivity index (χ3n) is 3.44. The second-order valence-electron chi connectivity index (χ2n) is 5.79. The van der Waals surface area contributed by atoms with Crippen LogP contribution in [0.2, 0.25) is 0 Å². The summed E-state index contributed by atoms with van der Waals surface area (Å²) in [4.78, 5) is 15.0. The van der Waals surface area contributed by atoms with Gasteiger partial charge >= 0.3 is 5.97 Å². The van der Waals surface area contributed by atoms with Crippen molar-refractivity contribution in [2.75, 3.05) is 40.8 Å². The van der Waals surface area contributed by atoms with E-state index < -0.39 is 5.97 Å². The quantitative estimate of drug-likeness (QED) is 0.701. The van der Waals surface area contributed by atoms with E-state index >= 15 is 0 Å². The predicted molar refractivity (Wildman–Crippen MR) is 91.7 cm³/mol. The zero-order chi connectivity index (χ0) is 17.2. The maximum atomic E-state index is 10.6. The molecule has 1 atom stereocenters. The Labute approximate surface area is 138 Å². The van der Waals surface area contributed by atoms with Crippen molar-refractivity contribution in [1.82, 2.24) is 9.80 Å². The summed E-state index contributed by atoms with van der Waals surface area (Å²) >= 11 is 0. The molecule has 126 valence electrons. The SMILES string of the molecule is CC#CCN(C)[C@@H](Cc1cccc(OCC(=O)O)c1)CN(C)C. The lowest BCUT2D eigenvalue weighted by molar-refractivity contribution is -0.139. The minimum absolute atomic E-state index is 0.320. The maximum Gasteiger partial charge on any atom is 0.341 e. The van der Waals surface area contributed by atoms with E-state index in [0.717, 1.165) is 25.1 Å². The lowest BCUT2D eigenvalue weighted by Crippen LogP contribution is -2.41. The molecule has 0 aromatic heterocycles. The highest BCUT2D eigenvalue weighted by Crippen LogP contribution is 2.16. The topological polar surface area (TPSA) is 53.0 Å². The van der Waals surface area contributed by atoms with E-state index in [1.165, 1.54) is 0 Å². The number of benzene rings is 1. The first kappa shape index (κ1) is 19.0. The largest absolute Gasteiger partial charge is 0.482 e. The summed E-state index contributed by atoms with van der Waals surface area (Å²) in [5, 5.41) is 8.69. The Balaban J connectivity index is 2.78. The monoisotopic (exact) mass is 318 g/mol. The van der Waals surface area contributed by atoms with Crippen LogP contribution < -0.4 is 4.74 Å². The third kappa shape index (κ3) is 7.68. The van der Waals surface area contributed by atoms with Crippen LogP contribution >= 0.6 is 0 Å². The number of aliphatic carboxylic acids is 1. The van der Waals surface area contributed by atoms with Crippen molar-refractivity contribution in [3.05, 3.63) is 29.8 Å². The van der Waals surface area contributed by atoms with Gasteiger partial charge in [-0.05, 0) is 52.2 Å². The second-order valence-corrected chi connectivity index (χ2v) is 5.79. The molecule has 0 heterocycles. The molecule has 0 unspecified atom stereocenters. The van der Waals surface area contributed by atoms with Gasteiger partial charge in [-0.25, -0.2) is 4.79 Å². The fraction of sp³-hybridized carbons (Fsp3) is 0.500. The fourth-order valence-corrected chi connectivity index (χ4v) is 2.29. The molecule has 0 aliphatic carbocycles. The standard InChI is InChI=1S/C18H26N2O3/c1-5-6-10-20(4)16(13-19(2)3)11-15-8-7-9-17(12-15)23-14-18(21)22/h7-9,12,16H,10-11,13-14H2,1-4H3,(H,21,22)/t16-/m0/s1. The summed E-state index contributed by atoms with van der Waals surface area (Å²) in [7, 11) is 6.18. The van der Waals surface area contributed by atoms with Gasteiger partial charge in [0, 0.05) is 12.6 Å². The fourth-order valence-electron chi connectivity index (χ4n) is 2.29. The molecule has 1 aromatic rings. The molecule has 0 bridgehead atoms. The van der Waals surface area contributed by atoms with Crippen LogP contribution in [0.1, 0.15) is 12.5 Å². The van der Waals surface area contributed by atoms with E-state index in [1.807, 2.05) is 25.1 Å². The molecule has 0 spiro atoms. The summed E-state index contributed by atoms with van der Waals surface area (Å²) in [5.41, 5.74) is 1.12. The number of hydrogen-bond acceptors (Lipinski definition) is 4. The van der Waals surface area contributed by atoms with Crippen molar-refractivity contribution in [2.45, 2.75) is 19.4 Å². The summed E-state index contributed by atoms with van der Waals surface area (Å²) in [5.74, 6) is 5.64. The van der Waals surface area contributed by atoms with Gasteiger partial charge in [-0.15, -0.1) is 5.92 Å². The highest BCUT2D eigenvalue weighted by Gasteiger charge is 2.16. The number of rotatable bonds is 9. The van der Waals surface area contributed by atoms with Crippen molar-refractivity contribution < 1.29 is 14.6 Å². The van der Waals surface area contributed by atoms with Gasteiger partial charge in [-0.2, -0.15) is 0 Å². The highest BCUT2D eigenvalue weighted by molar-refractivity contribution is 5.68. The molecule has 0 aliphatic rings. The Kier molecular flexibility index (Phi) is 8.17. The van der Waals surface area contributed by atoms with E-state index in [4.69, 9.17) is 9.84 Å². The number of carboxylic acids is 1. The van der Waals surface area contributed by atoms with E-state index in [-0.39, 0.29) is 6.61 Å². The van der Waals surface area contributed by atoms with Crippen LogP contribution in [-0.2, 0) is 11.2 Å². The molecule has 0 radical (unpaired) electrons. The number of hydrogen-bond donors (Lipinski definition) is 1. The van der Waals surface area contributed by atoms with Gasteiger partial charge in [0.25, 0.3) is 0 Å². The molecule has 1 rings (SSSR count). The van der Waals surface area contributed by atoms with E-state index in [1.54, 1.807) is 6.07 Å². The summed E-state index contributed by atoms with van der Waals surface area (Å²) in [6, 6.07) is 7.94. The number of likely N-dealkylation sites (N-methyl/N-ethyl adjacent to an activating group) is 2. The predicted octanol–water partition coefficient (Wildman–Crippen LogP) is 1.58. The zero-order valence-corrected chi connectivity index (χ0v) is 14.4. The lowest BCUT2D eigenvalue weighted by Gasteiger charge is -2.29. The minimum Gasteiger partial charge on any atom is -0.482 e. The van der Waals surface area contributed by atoms with Crippen LogP contribution in [0.4, 0.5) is 0 Å². The first-order valence-electron chi connectivity index (χ1n) is 7.60. The minimum atomic E-state index is -0.973. The first-order valence-corrected chi connectivity index (χ1v) is 7.60. The van der Waals surface area contributed by atoms with Crippen LogP contribution in [0.3, 0.4) is 0 Å². The van der Waals surface area contributed by atoms with Crippen LogP contribution in [0, 0.1) is 11.8 Å². The van der Waals surface area contributed by atoms with Crippen molar-refractivity contribution >= 4 is 5.97 Å². The van der Waals surface area contributed by atoms with Crippen molar-refractivity contribution in [2.24, 2.45) is 0 Å². The average Bonchev–Trinajstić information content (AvgIpc) is 2.50. The Morgan fingerprint density at radius 3 is 2.70 bits per heavy atom. The van der Waals surface area contributed by atoms with Crippen molar-refractivity contribution in [3.8, 4) is 17.6 Å². The Morgan fingerprint density at radius 2 is 2.09 bits per heavy atom. The molecule has 0 aliphatic heterocycles. The maximum absolute atomic E-state index is 10.6. The molecule has 1 N–H and O–H groups in total. The van der Waals surface area contributed by atoms with Crippen LogP contribution in [0.5, 0.6) is 5.75 Å². The highest BCUT2D eigenvalue weighted by atomic mass is 16.5. The van der Waals surface area contributed by atoms with E-state index in [9.17, 15) is 4.79 Å². The Hall–Kier alpha value is -2.03. The molecule has 0 saturated heterocycles. The summed E-state index contributed by atoms with van der Waals surface area (Å²) in [6.07, 6.45) is 0.852. The van der Waals surface area contributed by atoms with Gasteiger partial charge in [0.1, 0.15) is 5.75 Å². The van der Waals surface area contributed by atoms with Crippen LogP contribution in [0.25, 0.3) is 0 Å². The normalized spacial score (nSPS) is 11.9. The van der Waals surface area contributed by atoms with E-state index in [2.05, 4.69) is 42.8 Å². The number of nitrogens with zero attached hydrogens (tertiary/aromatic N) is 2. The molecule has 5 heteroatoms. The second kappa shape index (κ2) is 9.88. The third-order valence-corrected chi connectivity index (χ3v) is 3.44. The molecule has 1 aromatic carbocycles.